The van der Waals surface area contributed by atoms with E-state index in [-0.39, 0.29) is 18.3 Å². The molecule has 0 saturated carbocycles. The van der Waals surface area contributed by atoms with E-state index >= 15 is 0 Å². The van der Waals surface area contributed by atoms with Crippen molar-refractivity contribution in [3.8, 4) is 11.1 Å². The number of methoxy groups -OCH3 is 1. The van der Waals surface area contributed by atoms with Crippen LogP contribution in [-0.2, 0) is 40.8 Å². The Balaban J connectivity index is 1.43. The third-order valence-corrected chi connectivity index (χ3v) is 7.95. The molecule has 0 aliphatic rings. The molecule has 7 heteroatoms. The summed E-state index contributed by atoms with van der Waals surface area (Å²) in [7, 11) is 1.39. The number of hydrogen-bond acceptors (Lipinski definition) is 4. The molecular formula is C36H34F3NO3. The van der Waals surface area contributed by atoms with Crippen LogP contribution in [0, 0.1) is 6.92 Å². The second-order valence-corrected chi connectivity index (χ2v) is 11.4. The lowest BCUT2D eigenvalue weighted by Crippen LogP contribution is -2.30. The summed E-state index contributed by atoms with van der Waals surface area (Å²) < 4.78 is 50.0. The SMILES string of the molecule is COC(=O)C(C)(C)c1cccc(-c2ccc(CN(Cc3ccc(C(F)(F)F)o3)Cc3c(C)ccc4ccccc34)cc2)c1. The van der Waals surface area contributed by atoms with Crippen molar-refractivity contribution in [3.63, 3.8) is 0 Å². The standard InChI is InChI=1S/C36H34F3NO3/c1-24-12-15-27-8-5-6-11-31(27)32(24)23-40(22-30-18-19-33(43-30)36(37,38)39)21-25-13-16-26(17-14-25)28-9-7-10-29(20-28)35(2,3)34(41)42-4/h5-20H,21-23H2,1-4H3. The van der Waals surface area contributed by atoms with Gasteiger partial charge in [0.1, 0.15) is 5.76 Å². The zero-order valence-electron chi connectivity index (χ0n) is 24.7. The Morgan fingerprint density at radius 3 is 2.26 bits per heavy atom. The Morgan fingerprint density at radius 2 is 1.56 bits per heavy atom. The minimum absolute atomic E-state index is 0.213. The van der Waals surface area contributed by atoms with Gasteiger partial charge < -0.3 is 9.15 Å². The maximum absolute atomic E-state index is 13.3. The van der Waals surface area contributed by atoms with E-state index in [1.54, 1.807) is 0 Å². The average Bonchev–Trinajstić information content (AvgIpc) is 3.48. The minimum atomic E-state index is -4.53. The largest absolute Gasteiger partial charge is 0.468 e. The van der Waals surface area contributed by atoms with Crippen molar-refractivity contribution in [1.82, 2.24) is 4.90 Å². The first kappa shape index (κ1) is 30.1. The summed E-state index contributed by atoms with van der Waals surface area (Å²) in [6, 6.07) is 30.6. The molecule has 1 heterocycles. The number of ether oxygens (including phenoxy) is 1. The van der Waals surface area contributed by atoms with E-state index < -0.39 is 17.4 Å². The summed E-state index contributed by atoms with van der Waals surface area (Å²) in [5, 5.41) is 2.23. The first-order valence-electron chi connectivity index (χ1n) is 14.1. The Bertz CT molecular complexity index is 1740. The highest BCUT2D eigenvalue weighted by atomic mass is 19.4. The molecular weight excluding hydrogens is 551 g/mol. The Kier molecular flexibility index (Phi) is 8.47. The Hall–Kier alpha value is -4.36. The first-order chi connectivity index (χ1) is 20.5. The van der Waals surface area contributed by atoms with E-state index in [0.717, 1.165) is 50.2 Å². The smallest absolute Gasteiger partial charge is 0.449 e. The van der Waals surface area contributed by atoms with Crippen LogP contribution in [0.15, 0.2) is 101 Å². The predicted molar refractivity (Wildman–Crippen MR) is 162 cm³/mol. The van der Waals surface area contributed by atoms with Crippen molar-refractivity contribution in [3.05, 3.63) is 131 Å². The third-order valence-electron chi connectivity index (χ3n) is 7.95. The highest BCUT2D eigenvalue weighted by molar-refractivity contribution is 5.86. The van der Waals surface area contributed by atoms with E-state index in [1.807, 2.05) is 74.5 Å². The molecule has 222 valence electrons. The normalized spacial score (nSPS) is 12.2. The van der Waals surface area contributed by atoms with Crippen LogP contribution in [0.2, 0.25) is 0 Å². The zero-order chi connectivity index (χ0) is 30.8. The molecule has 0 aliphatic heterocycles. The number of aryl methyl sites for hydroxylation is 1. The number of carbonyl (C=O) groups is 1. The van der Waals surface area contributed by atoms with Crippen LogP contribution in [0.1, 0.15) is 47.6 Å². The first-order valence-corrected chi connectivity index (χ1v) is 14.1. The molecule has 5 rings (SSSR count). The second-order valence-electron chi connectivity index (χ2n) is 11.4. The molecule has 1 aromatic heterocycles. The number of furan rings is 1. The van der Waals surface area contributed by atoms with Crippen molar-refractivity contribution >= 4 is 16.7 Å². The fourth-order valence-electron chi connectivity index (χ4n) is 5.40. The quantitative estimate of drug-likeness (QED) is 0.162. The fraction of sp³-hybridized carbons (Fsp3) is 0.250. The number of carbonyl (C=O) groups excluding carboxylic acids is 1. The molecule has 0 aliphatic carbocycles. The summed E-state index contributed by atoms with van der Waals surface area (Å²) in [6.45, 7) is 6.97. The second kappa shape index (κ2) is 12.1. The lowest BCUT2D eigenvalue weighted by molar-refractivity contribution is -0.153. The van der Waals surface area contributed by atoms with E-state index in [0.29, 0.717) is 13.1 Å². The molecule has 43 heavy (non-hydrogen) atoms. The predicted octanol–water partition coefficient (Wildman–Crippen LogP) is 9.08. The number of esters is 1. The Labute approximate surface area is 249 Å². The lowest BCUT2D eigenvalue weighted by atomic mass is 9.83. The number of hydrogen-bond donors (Lipinski definition) is 0. The molecule has 4 aromatic carbocycles. The van der Waals surface area contributed by atoms with Crippen LogP contribution in [0.4, 0.5) is 13.2 Å². The fourth-order valence-corrected chi connectivity index (χ4v) is 5.40. The van der Waals surface area contributed by atoms with Crippen LogP contribution >= 0.6 is 0 Å². The molecule has 0 atom stereocenters. The monoisotopic (exact) mass is 585 g/mol. The summed E-state index contributed by atoms with van der Waals surface area (Å²) in [5.74, 6) is -1.04. The van der Waals surface area contributed by atoms with Gasteiger partial charge in [0, 0.05) is 13.1 Å². The number of halogens is 3. The van der Waals surface area contributed by atoms with Crippen LogP contribution in [0.3, 0.4) is 0 Å². The molecule has 0 unspecified atom stereocenters. The van der Waals surface area contributed by atoms with E-state index in [2.05, 4.69) is 36.1 Å². The molecule has 0 fully saturated rings. The molecule has 0 amide bonds. The van der Waals surface area contributed by atoms with E-state index in [4.69, 9.17) is 9.15 Å². The molecule has 5 aromatic rings. The minimum Gasteiger partial charge on any atom is -0.468 e. The maximum Gasteiger partial charge on any atom is 0.449 e. The highest BCUT2D eigenvalue weighted by Gasteiger charge is 2.35. The van der Waals surface area contributed by atoms with Crippen molar-refractivity contribution < 1.29 is 27.1 Å². The van der Waals surface area contributed by atoms with Gasteiger partial charge in [-0.05, 0) is 77.1 Å². The van der Waals surface area contributed by atoms with Gasteiger partial charge in [-0.15, -0.1) is 0 Å². The van der Waals surface area contributed by atoms with Gasteiger partial charge in [-0.25, -0.2) is 0 Å². The van der Waals surface area contributed by atoms with Crippen LogP contribution in [0.25, 0.3) is 21.9 Å². The highest BCUT2D eigenvalue weighted by Crippen LogP contribution is 2.33. The number of benzene rings is 4. The molecule has 0 saturated heterocycles. The average molecular weight is 586 g/mol. The van der Waals surface area contributed by atoms with Crippen LogP contribution in [-0.4, -0.2) is 18.0 Å². The lowest BCUT2D eigenvalue weighted by Gasteiger charge is -2.24. The van der Waals surface area contributed by atoms with Gasteiger partial charge in [-0.2, -0.15) is 13.2 Å². The van der Waals surface area contributed by atoms with Gasteiger partial charge in [0.2, 0.25) is 5.76 Å². The number of alkyl halides is 3. The van der Waals surface area contributed by atoms with Gasteiger partial charge in [-0.3, -0.25) is 9.69 Å². The topological polar surface area (TPSA) is 42.7 Å². The summed E-state index contributed by atoms with van der Waals surface area (Å²) >= 11 is 0. The van der Waals surface area contributed by atoms with E-state index in [1.165, 1.54) is 13.2 Å². The number of rotatable bonds is 9. The van der Waals surface area contributed by atoms with Gasteiger partial charge in [0.25, 0.3) is 0 Å². The van der Waals surface area contributed by atoms with Gasteiger partial charge in [0.15, 0.2) is 0 Å². The molecule has 4 nitrogen and oxygen atoms in total. The van der Waals surface area contributed by atoms with Crippen molar-refractivity contribution in [2.75, 3.05) is 7.11 Å². The van der Waals surface area contributed by atoms with E-state index in [9.17, 15) is 18.0 Å². The maximum atomic E-state index is 13.3. The third kappa shape index (κ3) is 6.67. The molecule has 0 bridgehead atoms. The van der Waals surface area contributed by atoms with Crippen LogP contribution in [0.5, 0.6) is 0 Å². The zero-order valence-corrected chi connectivity index (χ0v) is 24.7. The molecule has 0 N–H and O–H groups in total. The van der Waals surface area contributed by atoms with Crippen molar-refractivity contribution in [2.24, 2.45) is 0 Å². The summed E-state index contributed by atoms with van der Waals surface area (Å²) in [6.07, 6.45) is -4.53. The van der Waals surface area contributed by atoms with Gasteiger partial charge in [-0.1, -0.05) is 84.9 Å². The summed E-state index contributed by atoms with van der Waals surface area (Å²) in [4.78, 5) is 14.4. The number of nitrogens with zero attached hydrogens (tertiary/aromatic N) is 1. The van der Waals surface area contributed by atoms with Crippen molar-refractivity contribution in [1.29, 1.82) is 0 Å². The number of fused-ring (bicyclic) bond motifs is 1. The van der Waals surface area contributed by atoms with Gasteiger partial charge >= 0.3 is 12.1 Å². The summed E-state index contributed by atoms with van der Waals surface area (Å²) in [5.41, 5.74) is 5.28. The molecule has 0 radical (unpaired) electrons. The van der Waals surface area contributed by atoms with Crippen molar-refractivity contribution in [2.45, 2.75) is 52.0 Å². The van der Waals surface area contributed by atoms with Gasteiger partial charge in [0.05, 0.1) is 19.1 Å². The molecule has 0 spiro atoms. The Morgan fingerprint density at radius 1 is 0.814 bits per heavy atom. The van der Waals surface area contributed by atoms with Crippen LogP contribution < -0.4 is 0 Å².